The molecule has 3 heteroatoms. The lowest BCUT2D eigenvalue weighted by Gasteiger charge is -2.43. The van der Waals surface area contributed by atoms with Crippen LogP contribution in [-0.4, -0.2) is 30.1 Å². The monoisotopic (exact) mass is 324 g/mol. The number of nitrogens with one attached hydrogen (secondary N) is 1. The van der Waals surface area contributed by atoms with Gasteiger partial charge in [-0.2, -0.15) is 0 Å². The zero-order chi connectivity index (χ0) is 13.8. The molecular formula is C16H25BrN2. The van der Waals surface area contributed by atoms with E-state index < -0.39 is 0 Å². The first-order chi connectivity index (χ1) is 9.15. The molecule has 1 aromatic carbocycles. The molecule has 1 N–H and O–H groups in total. The van der Waals surface area contributed by atoms with Gasteiger partial charge < -0.3 is 5.32 Å². The van der Waals surface area contributed by atoms with E-state index in [2.05, 4.69) is 71.2 Å². The third-order valence-electron chi connectivity index (χ3n) is 4.33. The number of rotatable bonds is 4. The fourth-order valence-electron chi connectivity index (χ4n) is 2.97. The van der Waals surface area contributed by atoms with Crippen LogP contribution in [-0.2, 0) is 0 Å². The molecule has 106 valence electrons. The van der Waals surface area contributed by atoms with E-state index in [1.54, 1.807) is 0 Å². The van der Waals surface area contributed by atoms with Crippen LogP contribution in [0.3, 0.4) is 0 Å². The van der Waals surface area contributed by atoms with Gasteiger partial charge >= 0.3 is 0 Å². The summed E-state index contributed by atoms with van der Waals surface area (Å²) in [5, 5.41) is 3.67. The second-order valence-electron chi connectivity index (χ2n) is 5.50. The highest BCUT2D eigenvalue weighted by atomic mass is 79.9. The number of hydrogen-bond acceptors (Lipinski definition) is 2. The molecule has 19 heavy (non-hydrogen) atoms. The van der Waals surface area contributed by atoms with E-state index in [0.717, 1.165) is 13.1 Å². The van der Waals surface area contributed by atoms with E-state index in [1.165, 1.54) is 22.9 Å². The highest BCUT2D eigenvalue weighted by Crippen LogP contribution is 2.27. The SMILES string of the molecule is CCC1CN(C(C)c2cccc(Br)c2)C(CC)CN1. The molecule has 0 radical (unpaired) electrons. The van der Waals surface area contributed by atoms with Crippen LogP contribution in [0, 0.1) is 0 Å². The zero-order valence-electron chi connectivity index (χ0n) is 12.2. The number of benzene rings is 1. The lowest BCUT2D eigenvalue weighted by atomic mass is 9.99. The molecule has 0 aromatic heterocycles. The third-order valence-corrected chi connectivity index (χ3v) is 4.83. The van der Waals surface area contributed by atoms with Crippen LogP contribution in [0.4, 0.5) is 0 Å². The average Bonchev–Trinajstić information content (AvgIpc) is 2.45. The van der Waals surface area contributed by atoms with Gasteiger partial charge in [0.1, 0.15) is 0 Å². The van der Waals surface area contributed by atoms with Crippen molar-refractivity contribution in [2.24, 2.45) is 0 Å². The van der Waals surface area contributed by atoms with Gasteiger partial charge in [0.25, 0.3) is 0 Å². The fraction of sp³-hybridized carbons (Fsp3) is 0.625. The van der Waals surface area contributed by atoms with Crippen molar-refractivity contribution in [2.75, 3.05) is 13.1 Å². The van der Waals surface area contributed by atoms with Gasteiger partial charge in [0.2, 0.25) is 0 Å². The van der Waals surface area contributed by atoms with Crippen LogP contribution in [0.2, 0.25) is 0 Å². The maximum absolute atomic E-state index is 3.67. The van der Waals surface area contributed by atoms with Crippen LogP contribution in [0.15, 0.2) is 28.7 Å². The van der Waals surface area contributed by atoms with Gasteiger partial charge in [-0.3, -0.25) is 4.90 Å². The molecule has 1 fully saturated rings. The van der Waals surface area contributed by atoms with Crippen molar-refractivity contribution in [1.29, 1.82) is 0 Å². The summed E-state index contributed by atoms with van der Waals surface area (Å²) in [6.45, 7) is 9.17. The Morgan fingerprint density at radius 1 is 1.37 bits per heavy atom. The molecular weight excluding hydrogens is 300 g/mol. The Labute approximate surface area is 125 Å². The maximum atomic E-state index is 3.67. The summed E-state index contributed by atoms with van der Waals surface area (Å²) >= 11 is 3.58. The van der Waals surface area contributed by atoms with Crippen molar-refractivity contribution in [1.82, 2.24) is 10.2 Å². The standard InChI is InChI=1S/C16H25BrN2/c1-4-15-11-19(16(5-2)10-18-15)12(3)13-7-6-8-14(17)9-13/h6-9,12,15-16,18H,4-5,10-11H2,1-3H3. The van der Waals surface area contributed by atoms with E-state index in [-0.39, 0.29) is 0 Å². The third kappa shape index (κ3) is 3.59. The van der Waals surface area contributed by atoms with Crippen LogP contribution in [0.5, 0.6) is 0 Å². The molecule has 3 unspecified atom stereocenters. The van der Waals surface area contributed by atoms with Gasteiger partial charge in [-0.1, -0.05) is 41.9 Å². The van der Waals surface area contributed by atoms with Crippen molar-refractivity contribution in [3.8, 4) is 0 Å². The van der Waals surface area contributed by atoms with E-state index in [0.29, 0.717) is 18.1 Å². The molecule has 0 spiro atoms. The van der Waals surface area contributed by atoms with Crippen LogP contribution in [0.1, 0.15) is 45.2 Å². The van der Waals surface area contributed by atoms with Crippen molar-refractivity contribution in [3.05, 3.63) is 34.3 Å². The van der Waals surface area contributed by atoms with Gasteiger partial charge in [-0.15, -0.1) is 0 Å². The molecule has 1 aromatic rings. The predicted octanol–water partition coefficient (Wildman–Crippen LogP) is 3.97. The number of piperazine rings is 1. The summed E-state index contributed by atoms with van der Waals surface area (Å²) < 4.78 is 1.17. The summed E-state index contributed by atoms with van der Waals surface area (Å²) in [6, 6.07) is 10.5. The number of nitrogens with zero attached hydrogens (tertiary/aromatic N) is 1. The molecule has 0 bridgehead atoms. The number of halogens is 1. The Bertz CT molecular complexity index is 407. The Morgan fingerprint density at radius 3 is 2.79 bits per heavy atom. The Hall–Kier alpha value is -0.380. The first-order valence-corrected chi connectivity index (χ1v) is 8.19. The first-order valence-electron chi connectivity index (χ1n) is 7.40. The maximum Gasteiger partial charge on any atom is 0.0324 e. The smallest absolute Gasteiger partial charge is 0.0324 e. The molecule has 2 rings (SSSR count). The van der Waals surface area contributed by atoms with Crippen LogP contribution >= 0.6 is 15.9 Å². The summed E-state index contributed by atoms with van der Waals surface area (Å²) in [5.41, 5.74) is 1.41. The minimum Gasteiger partial charge on any atom is -0.311 e. The van der Waals surface area contributed by atoms with E-state index in [4.69, 9.17) is 0 Å². The molecule has 1 heterocycles. The molecule has 2 nitrogen and oxygen atoms in total. The van der Waals surface area contributed by atoms with Gasteiger partial charge in [0.05, 0.1) is 0 Å². The first kappa shape index (κ1) is 15.0. The van der Waals surface area contributed by atoms with Gasteiger partial charge in [0, 0.05) is 35.7 Å². The van der Waals surface area contributed by atoms with Crippen molar-refractivity contribution in [2.45, 2.75) is 51.7 Å². The van der Waals surface area contributed by atoms with E-state index in [1.807, 2.05) is 0 Å². The van der Waals surface area contributed by atoms with Crippen molar-refractivity contribution < 1.29 is 0 Å². The summed E-state index contributed by atoms with van der Waals surface area (Å²) in [6.07, 6.45) is 2.42. The normalized spacial score (nSPS) is 26.3. The second kappa shape index (κ2) is 6.87. The minimum absolute atomic E-state index is 0.485. The number of hydrogen-bond donors (Lipinski definition) is 1. The van der Waals surface area contributed by atoms with Gasteiger partial charge in [-0.25, -0.2) is 0 Å². The Morgan fingerprint density at radius 2 is 2.16 bits per heavy atom. The Kier molecular flexibility index (Phi) is 5.43. The predicted molar refractivity (Wildman–Crippen MR) is 85.4 cm³/mol. The molecule has 1 aliphatic rings. The molecule has 0 amide bonds. The molecule has 1 aliphatic heterocycles. The summed E-state index contributed by atoms with van der Waals surface area (Å²) in [7, 11) is 0. The second-order valence-corrected chi connectivity index (χ2v) is 6.42. The van der Waals surface area contributed by atoms with Crippen molar-refractivity contribution in [3.63, 3.8) is 0 Å². The molecule has 0 saturated carbocycles. The lowest BCUT2D eigenvalue weighted by Crippen LogP contribution is -2.56. The molecule has 3 atom stereocenters. The van der Waals surface area contributed by atoms with Crippen molar-refractivity contribution >= 4 is 15.9 Å². The van der Waals surface area contributed by atoms with Crippen LogP contribution in [0.25, 0.3) is 0 Å². The molecule has 0 aliphatic carbocycles. The van der Waals surface area contributed by atoms with Gasteiger partial charge in [-0.05, 0) is 37.5 Å². The average molecular weight is 325 g/mol. The van der Waals surface area contributed by atoms with E-state index in [9.17, 15) is 0 Å². The molecule has 1 saturated heterocycles. The Balaban J connectivity index is 2.16. The van der Waals surface area contributed by atoms with Gasteiger partial charge in [0.15, 0.2) is 0 Å². The van der Waals surface area contributed by atoms with Crippen LogP contribution < -0.4 is 5.32 Å². The highest BCUT2D eigenvalue weighted by Gasteiger charge is 2.29. The fourth-order valence-corrected chi connectivity index (χ4v) is 3.39. The lowest BCUT2D eigenvalue weighted by molar-refractivity contribution is 0.0850. The topological polar surface area (TPSA) is 15.3 Å². The largest absolute Gasteiger partial charge is 0.311 e. The van der Waals surface area contributed by atoms with E-state index >= 15 is 0 Å². The summed E-state index contributed by atoms with van der Waals surface area (Å²) in [5.74, 6) is 0. The highest BCUT2D eigenvalue weighted by molar-refractivity contribution is 9.10. The summed E-state index contributed by atoms with van der Waals surface area (Å²) in [4.78, 5) is 2.67. The zero-order valence-corrected chi connectivity index (χ0v) is 13.8. The minimum atomic E-state index is 0.485. The quantitative estimate of drug-likeness (QED) is 0.901.